The molecular formula is C23H19N3O3. The summed E-state index contributed by atoms with van der Waals surface area (Å²) < 4.78 is 10.6. The van der Waals surface area contributed by atoms with E-state index < -0.39 is 11.9 Å². The van der Waals surface area contributed by atoms with Crippen LogP contribution in [0, 0.1) is 22.7 Å². The number of benzene rings is 2. The minimum absolute atomic E-state index is 0.0278. The van der Waals surface area contributed by atoms with Crippen LogP contribution in [0.25, 0.3) is 11.1 Å². The zero-order valence-electron chi connectivity index (χ0n) is 16.1. The monoisotopic (exact) mass is 385 g/mol. The minimum Gasteiger partial charge on any atom is -0.463 e. The molecule has 0 saturated heterocycles. The number of esters is 1. The van der Waals surface area contributed by atoms with Crippen molar-refractivity contribution in [3.63, 3.8) is 0 Å². The van der Waals surface area contributed by atoms with Crippen molar-refractivity contribution in [3.05, 3.63) is 82.4 Å². The second kappa shape index (κ2) is 8.33. The van der Waals surface area contributed by atoms with Gasteiger partial charge in [0.05, 0.1) is 29.7 Å². The topological polar surface area (TPSA) is 109 Å². The third kappa shape index (κ3) is 3.83. The van der Waals surface area contributed by atoms with E-state index in [9.17, 15) is 10.1 Å². The van der Waals surface area contributed by atoms with Gasteiger partial charge in [0.15, 0.2) is 0 Å². The van der Waals surface area contributed by atoms with Gasteiger partial charge >= 0.3 is 5.97 Å². The summed E-state index contributed by atoms with van der Waals surface area (Å²) in [5.41, 5.74) is 9.30. The molecule has 1 unspecified atom stereocenters. The zero-order chi connectivity index (χ0) is 21.0. The summed E-state index contributed by atoms with van der Waals surface area (Å²) in [5, 5.41) is 18.8. The summed E-state index contributed by atoms with van der Waals surface area (Å²) in [6.07, 6.45) is 0. The van der Waals surface area contributed by atoms with E-state index in [-0.39, 0.29) is 23.6 Å². The molecule has 0 radical (unpaired) electrons. The van der Waals surface area contributed by atoms with Crippen molar-refractivity contribution >= 4 is 5.97 Å². The van der Waals surface area contributed by atoms with Gasteiger partial charge < -0.3 is 15.2 Å². The first-order valence-corrected chi connectivity index (χ1v) is 9.06. The van der Waals surface area contributed by atoms with Gasteiger partial charge in [-0.15, -0.1) is 0 Å². The predicted octanol–water partition coefficient (Wildman–Crippen LogP) is 3.87. The Morgan fingerprint density at radius 1 is 1.14 bits per heavy atom. The summed E-state index contributed by atoms with van der Waals surface area (Å²) in [4.78, 5) is 12.6. The van der Waals surface area contributed by atoms with Crippen molar-refractivity contribution in [1.29, 1.82) is 10.5 Å². The fraction of sp³-hybridized carbons (Fsp3) is 0.174. The molecule has 1 atom stereocenters. The van der Waals surface area contributed by atoms with Gasteiger partial charge in [0, 0.05) is 0 Å². The van der Waals surface area contributed by atoms with E-state index in [1.54, 1.807) is 26.0 Å². The Labute approximate surface area is 169 Å². The Balaban J connectivity index is 2.15. The first kappa shape index (κ1) is 19.7. The van der Waals surface area contributed by atoms with Crippen LogP contribution in [0.3, 0.4) is 0 Å². The summed E-state index contributed by atoms with van der Waals surface area (Å²) >= 11 is 0. The maximum absolute atomic E-state index is 12.6. The second-order valence-corrected chi connectivity index (χ2v) is 6.43. The highest BCUT2D eigenvalue weighted by atomic mass is 16.5. The van der Waals surface area contributed by atoms with Gasteiger partial charge in [-0.2, -0.15) is 10.5 Å². The van der Waals surface area contributed by atoms with Crippen LogP contribution in [0.1, 0.15) is 30.9 Å². The molecule has 0 spiro atoms. The van der Waals surface area contributed by atoms with Crippen LogP contribution in [0.15, 0.2) is 71.3 Å². The highest BCUT2D eigenvalue weighted by Crippen LogP contribution is 2.40. The number of carbonyl (C=O) groups is 1. The lowest BCUT2D eigenvalue weighted by Gasteiger charge is -2.27. The quantitative estimate of drug-likeness (QED) is 0.800. The van der Waals surface area contributed by atoms with Crippen LogP contribution in [-0.4, -0.2) is 12.6 Å². The fourth-order valence-corrected chi connectivity index (χ4v) is 3.35. The number of hydrogen-bond donors (Lipinski definition) is 1. The summed E-state index contributed by atoms with van der Waals surface area (Å²) in [7, 11) is 0. The molecule has 0 fully saturated rings. The van der Waals surface area contributed by atoms with Crippen molar-refractivity contribution in [1.82, 2.24) is 0 Å². The lowest BCUT2D eigenvalue weighted by Crippen LogP contribution is -2.25. The first-order valence-electron chi connectivity index (χ1n) is 9.06. The van der Waals surface area contributed by atoms with Crippen molar-refractivity contribution in [2.75, 3.05) is 6.61 Å². The van der Waals surface area contributed by atoms with E-state index in [1.165, 1.54) is 0 Å². The van der Waals surface area contributed by atoms with Gasteiger partial charge in [0.25, 0.3) is 0 Å². The number of nitrogens with zero attached hydrogens (tertiary/aromatic N) is 2. The van der Waals surface area contributed by atoms with E-state index >= 15 is 0 Å². The summed E-state index contributed by atoms with van der Waals surface area (Å²) in [6, 6.07) is 18.9. The van der Waals surface area contributed by atoms with Crippen molar-refractivity contribution in [2.24, 2.45) is 5.73 Å². The van der Waals surface area contributed by atoms with Gasteiger partial charge in [-0.05, 0) is 42.7 Å². The van der Waals surface area contributed by atoms with Gasteiger partial charge in [0.2, 0.25) is 5.88 Å². The Hall–Kier alpha value is -4.03. The molecule has 29 heavy (non-hydrogen) atoms. The lowest BCUT2D eigenvalue weighted by molar-refractivity contribution is -0.139. The summed E-state index contributed by atoms with van der Waals surface area (Å²) in [6.45, 7) is 3.54. The number of nitriles is 2. The molecule has 0 bridgehead atoms. The van der Waals surface area contributed by atoms with Crippen molar-refractivity contribution in [3.8, 4) is 23.3 Å². The smallest absolute Gasteiger partial charge is 0.338 e. The van der Waals surface area contributed by atoms with Crippen molar-refractivity contribution in [2.45, 2.75) is 19.8 Å². The third-order valence-electron chi connectivity index (χ3n) is 4.65. The molecule has 1 aliphatic rings. The SMILES string of the molecule is CCOC(=O)C1=C(C)OC(N)=C(C#N)C1c1cccc(-c2cccc(C#N)c2)c1. The molecule has 3 rings (SSSR count). The number of allylic oxidation sites excluding steroid dienone is 2. The molecule has 1 heterocycles. The molecule has 6 heteroatoms. The maximum Gasteiger partial charge on any atom is 0.338 e. The highest BCUT2D eigenvalue weighted by molar-refractivity contribution is 5.92. The molecule has 0 saturated carbocycles. The van der Waals surface area contributed by atoms with E-state index in [1.807, 2.05) is 36.4 Å². The lowest BCUT2D eigenvalue weighted by atomic mass is 9.82. The van der Waals surface area contributed by atoms with E-state index in [0.29, 0.717) is 16.9 Å². The molecule has 144 valence electrons. The van der Waals surface area contributed by atoms with Crippen LogP contribution in [0.5, 0.6) is 0 Å². The van der Waals surface area contributed by atoms with Gasteiger partial charge in [-0.25, -0.2) is 4.79 Å². The Kier molecular flexibility index (Phi) is 5.66. The van der Waals surface area contributed by atoms with Crippen LogP contribution in [0.2, 0.25) is 0 Å². The van der Waals surface area contributed by atoms with Gasteiger partial charge in [0.1, 0.15) is 17.4 Å². The fourth-order valence-electron chi connectivity index (χ4n) is 3.35. The van der Waals surface area contributed by atoms with Gasteiger partial charge in [-0.1, -0.05) is 36.4 Å². The molecule has 1 aliphatic heterocycles. The highest BCUT2D eigenvalue weighted by Gasteiger charge is 2.36. The third-order valence-corrected chi connectivity index (χ3v) is 4.65. The van der Waals surface area contributed by atoms with Crippen LogP contribution in [0.4, 0.5) is 0 Å². The van der Waals surface area contributed by atoms with Gasteiger partial charge in [-0.3, -0.25) is 0 Å². The molecular weight excluding hydrogens is 366 g/mol. The van der Waals surface area contributed by atoms with Crippen LogP contribution >= 0.6 is 0 Å². The molecule has 2 aromatic carbocycles. The van der Waals surface area contributed by atoms with Crippen LogP contribution < -0.4 is 5.73 Å². The number of nitrogens with two attached hydrogens (primary N) is 1. The second-order valence-electron chi connectivity index (χ2n) is 6.43. The molecule has 2 N–H and O–H groups in total. The Morgan fingerprint density at radius 2 is 1.83 bits per heavy atom. The first-order chi connectivity index (χ1) is 14.0. The molecule has 0 aliphatic carbocycles. The standard InChI is InChI=1S/C23H19N3O3/c1-3-28-23(27)20-14(2)29-22(26)19(13-25)21(20)18-9-5-8-17(11-18)16-7-4-6-15(10-16)12-24/h4-11,21H,3,26H2,1-2H3. The molecule has 0 amide bonds. The van der Waals surface area contributed by atoms with E-state index in [2.05, 4.69) is 12.1 Å². The average Bonchev–Trinajstić information content (AvgIpc) is 2.73. The normalized spacial score (nSPS) is 15.9. The molecule has 2 aromatic rings. The Morgan fingerprint density at radius 3 is 2.48 bits per heavy atom. The molecule has 0 aromatic heterocycles. The minimum atomic E-state index is -0.702. The average molecular weight is 385 g/mol. The molecule has 6 nitrogen and oxygen atoms in total. The Bertz CT molecular complexity index is 1120. The van der Waals surface area contributed by atoms with E-state index in [4.69, 9.17) is 20.5 Å². The maximum atomic E-state index is 12.6. The number of hydrogen-bond acceptors (Lipinski definition) is 6. The zero-order valence-corrected chi connectivity index (χ0v) is 16.1. The van der Waals surface area contributed by atoms with E-state index in [0.717, 1.165) is 11.1 Å². The predicted molar refractivity (Wildman–Crippen MR) is 107 cm³/mol. The number of ether oxygens (including phenoxy) is 2. The largest absolute Gasteiger partial charge is 0.463 e. The summed E-state index contributed by atoms with van der Waals surface area (Å²) in [5.74, 6) is -0.971. The van der Waals surface area contributed by atoms with Crippen LogP contribution in [-0.2, 0) is 14.3 Å². The number of carbonyl (C=O) groups excluding carboxylic acids is 1. The van der Waals surface area contributed by atoms with Crippen molar-refractivity contribution < 1.29 is 14.3 Å². The number of rotatable bonds is 4.